The van der Waals surface area contributed by atoms with Crippen LogP contribution in [-0.4, -0.2) is 53.7 Å². The Balaban J connectivity index is 1.50. The lowest BCUT2D eigenvalue weighted by Crippen LogP contribution is -2.61. The summed E-state index contributed by atoms with van der Waals surface area (Å²) in [5, 5.41) is 12.0. The Morgan fingerprint density at radius 3 is 2.27 bits per heavy atom. The van der Waals surface area contributed by atoms with Crippen LogP contribution in [0.3, 0.4) is 0 Å². The first-order valence-corrected chi connectivity index (χ1v) is 11.4. The van der Waals surface area contributed by atoms with Gasteiger partial charge < -0.3 is 20.1 Å². The molecule has 0 radical (unpaired) electrons. The predicted octanol–water partition coefficient (Wildman–Crippen LogP) is 4.02. The number of carbonyl (C=O) groups is 3. The molecular weight excluding hydrogens is 420 g/mol. The van der Waals surface area contributed by atoms with Gasteiger partial charge in [-0.1, -0.05) is 68.3 Å². The first kappa shape index (κ1) is 22.8. The molecule has 2 N–H and O–H groups in total. The number of aliphatic carboxylic acids is 1. The number of likely N-dealkylation sites (N-methyl/N-ethyl adjacent to an activating group) is 1. The van der Waals surface area contributed by atoms with Crippen molar-refractivity contribution >= 4 is 18.0 Å². The van der Waals surface area contributed by atoms with Crippen LogP contribution in [-0.2, 0) is 14.3 Å². The average Bonchev–Trinajstić information content (AvgIpc) is 3.10. The van der Waals surface area contributed by atoms with Gasteiger partial charge in [0.05, 0.1) is 0 Å². The molecule has 2 aliphatic rings. The van der Waals surface area contributed by atoms with Gasteiger partial charge in [0, 0.05) is 13.0 Å². The molecular formula is C26H30N2O5. The van der Waals surface area contributed by atoms with E-state index < -0.39 is 24.1 Å². The highest BCUT2D eigenvalue weighted by atomic mass is 16.5. The summed E-state index contributed by atoms with van der Waals surface area (Å²) in [4.78, 5) is 38.5. The molecule has 0 aliphatic heterocycles. The van der Waals surface area contributed by atoms with Crippen LogP contribution in [0, 0.1) is 5.92 Å². The molecule has 174 valence electrons. The number of hydrogen-bond donors (Lipinski definition) is 2. The lowest BCUT2D eigenvalue weighted by atomic mass is 9.75. The zero-order valence-corrected chi connectivity index (χ0v) is 19.0. The highest BCUT2D eigenvalue weighted by Crippen LogP contribution is 2.44. The van der Waals surface area contributed by atoms with E-state index in [0.29, 0.717) is 12.8 Å². The fourth-order valence-electron chi connectivity index (χ4n) is 5.38. The number of amides is 2. The van der Waals surface area contributed by atoms with Gasteiger partial charge in [0.2, 0.25) is 5.91 Å². The van der Waals surface area contributed by atoms with Crippen LogP contribution < -0.4 is 5.32 Å². The normalized spacial score (nSPS) is 21.6. The second-order valence-corrected chi connectivity index (χ2v) is 9.29. The van der Waals surface area contributed by atoms with Crippen molar-refractivity contribution in [3.63, 3.8) is 0 Å². The maximum atomic E-state index is 13.2. The molecule has 2 aliphatic carbocycles. The van der Waals surface area contributed by atoms with Gasteiger partial charge in [-0.25, -0.2) is 4.79 Å². The summed E-state index contributed by atoms with van der Waals surface area (Å²) < 4.78 is 5.68. The number of hydrogen-bond acceptors (Lipinski definition) is 4. The Morgan fingerprint density at radius 1 is 1.09 bits per heavy atom. The molecule has 2 aromatic rings. The van der Waals surface area contributed by atoms with Crippen molar-refractivity contribution in [2.45, 2.75) is 44.1 Å². The van der Waals surface area contributed by atoms with E-state index in [0.717, 1.165) is 35.1 Å². The van der Waals surface area contributed by atoms with Crippen LogP contribution in [0.4, 0.5) is 4.79 Å². The number of alkyl carbamates (subject to hydrolysis) is 1. The molecule has 0 heterocycles. The Hall–Kier alpha value is -3.35. The molecule has 4 rings (SSSR count). The molecule has 2 amide bonds. The van der Waals surface area contributed by atoms with Crippen molar-refractivity contribution in [3.8, 4) is 11.1 Å². The van der Waals surface area contributed by atoms with Crippen molar-refractivity contribution in [2.24, 2.45) is 5.92 Å². The van der Waals surface area contributed by atoms with E-state index in [2.05, 4.69) is 29.6 Å². The maximum absolute atomic E-state index is 13.2. The monoisotopic (exact) mass is 450 g/mol. The summed E-state index contributed by atoms with van der Waals surface area (Å²) in [6.07, 6.45) is 2.01. The number of fused-ring (bicyclic) bond motifs is 3. The molecule has 2 unspecified atom stereocenters. The topological polar surface area (TPSA) is 95.9 Å². The molecule has 0 spiro atoms. The minimum Gasteiger partial charge on any atom is -0.480 e. The number of benzene rings is 2. The molecule has 1 fully saturated rings. The lowest BCUT2D eigenvalue weighted by molar-refractivity contribution is -0.147. The van der Waals surface area contributed by atoms with Crippen LogP contribution in [0.15, 0.2) is 48.5 Å². The number of nitrogens with zero attached hydrogens (tertiary/aromatic N) is 1. The van der Waals surface area contributed by atoms with Gasteiger partial charge in [-0.05, 0) is 41.0 Å². The minimum atomic E-state index is -1.15. The molecule has 0 aromatic heterocycles. The van der Waals surface area contributed by atoms with Crippen LogP contribution in [0.5, 0.6) is 0 Å². The second kappa shape index (κ2) is 9.25. The average molecular weight is 451 g/mol. The molecule has 2 aromatic carbocycles. The molecule has 7 heteroatoms. The van der Waals surface area contributed by atoms with Gasteiger partial charge in [-0.2, -0.15) is 0 Å². The summed E-state index contributed by atoms with van der Waals surface area (Å²) in [7, 11) is 1.46. The van der Waals surface area contributed by atoms with Crippen LogP contribution in [0.1, 0.15) is 49.7 Å². The van der Waals surface area contributed by atoms with Gasteiger partial charge in [0.1, 0.15) is 18.7 Å². The smallest absolute Gasteiger partial charge is 0.408 e. The van der Waals surface area contributed by atoms with Gasteiger partial charge in [-0.3, -0.25) is 9.59 Å². The van der Waals surface area contributed by atoms with E-state index in [9.17, 15) is 14.4 Å². The highest BCUT2D eigenvalue weighted by molar-refractivity contribution is 5.92. The SMILES string of the molecule is CC1CCCC(NC(=O)OCC2c3ccccc3-c3ccccc32)(C(=O)N(C)CC(=O)O)C1. The van der Waals surface area contributed by atoms with E-state index in [4.69, 9.17) is 9.84 Å². The van der Waals surface area contributed by atoms with Gasteiger partial charge in [-0.15, -0.1) is 0 Å². The predicted molar refractivity (Wildman–Crippen MR) is 124 cm³/mol. The third kappa shape index (κ3) is 4.58. The van der Waals surface area contributed by atoms with Crippen molar-refractivity contribution in [1.29, 1.82) is 0 Å². The molecule has 0 saturated heterocycles. The fraction of sp³-hybridized carbons (Fsp3) is 0.423. The zero-order chi connectivity index (χ0) is 23.6. The van der Waals surface area contributed by atoms with E-state index in [1.54, 1.807) is 0 Å². The number of ether oxygens (including phenoxy) is 1. The number of rotatable bonds is 6. The summed E-state index contributed by atoms with van der Waals surface area (Å²) >= 11 is 0. The summed E-state index contributed by atoms with van der Waals surface area (Å²) in [6, 6.07) is 16.2. The molecule has 2 atom stereocenters. The summed E-state index contributed by atoms with van der Waals surface area (Å²) in [6.45, 7) is 1.78. The second-order valence-electron chi connectivity index (χ2n) is 9.29. The van der Waals surface area contributed by atoms with Crippen molar-refractivity contribution in [2.75, 3.05) is 20.2 Å². The third-order valence-corrected chi connectivity index (χ3v) is 6.81. The zero-order valence-electron chi connectivity index (χ0n) is 19.0. The van der Waals surface area contributed by atoms with E-state index in [1.807, 2.05) is 31.2 Å². The van der Waals surface area contributed by atoms with E-state index in [1.165, 1.54) is 11.9 Å². The van der Waals surface area contributed by atoms with Gasteiger partial charge in [0.25, 0.3) is 0 Å². The lowest BCUT2D eigenvalue weighted by Gasteiger charge is -2.40. The van der Waals surface area contributed by atoms with E-state index >= 15 is 0 Å². The Kier molecular flexibility index (Phi) is 6.40. The maximum Gasteiger partial charge on any atom is 0.408 e. The van der Waals surface area contributed by atoms with E-state index in [-0.39, 0.29) is 24.3 Å². The number of carbonyl (C=O) groups excluding carboxylic acids is 2. The Bertz CT molecular complexity index is 1020. The highest BCUT2D eigenvalue weighted by Gasteiger charge is 2.45. The largest absolute Gasteiger partial charge is 0.480 e. The number of carboxylic acids is 1. The standard InChI is InChI=1S/C26H30N2O5/c1-17-8-7-13-26(14-17,24(31)28(2)15-23(29)30)27-25(32)33-16-22-20-11-5-3-9-18(20)19-10-4-6-12-21(19)22/h3-6,9-12,17,22H,7-8,13-16H2,1-2H3,(H,27,32)(H,29,30). The molecule has 33 heavy (non-hydrogen) atoms. The first-order valence-electron chi connectivity index (χ1n) is 11.4. The summed E-state index contributed by atoms with van der Waals surface area (Å²) in [5.74, 6) is -1.32. The fourth-order valence-corrected chi connectivity index (χ4v) is 5.38. The Labute approximate surface area is 193 Å². The van der Waals surface area contributed by atoms with Gasteiger partial charge >= 0.3 is 12.1 Å². The van der Waals surface area contributed by atoms with Gasteiger partial charge in [0.15, 0.2) is 0 Å². The minimum absolute atomic E-state index is 0.0743. The van der Waals surface area contributed by atoms with Crippen molar-refractivity contribution in [1.82, 2.24) is 10.2 Å². The summed E-state index contributed by atoms with van der Waals surface area (Å²) in [5.41, 5.74) is 3.37. The first-order chi connectivity index (χ1) is 15.8. The molecule has 7 nitrogen and oxygen atoms in total. The van der Waals surface area contributed by atoms with Crippen LogP contribution in [0.2, 0.25) is 0 Å². The molecule has 1 saturated carbocycles. The Morgan fingerprint density at radius 2 is 1.70 bits per heavy atom. The quantitative estimate of drug-likeness (QED) is 0.693. The third-order valence-electron chi connectivity index (χ3n) is 6.81. The van der Waals surface area contributed by atoms with Crippen LogP contribution >= 0.6 is 0 Å². The number of nitrogens with one attached hydrogen (secondary N) is 1. The van der Waals surface area contributed by atoms with Crippen molar-refractivity contribution in [3.05, 3.63) is 59.7 Å². The van der Waals surface area contributed by atoms with Crippen LogP contribution in [0.25, 0.3) is 11.1 Å². The van der Waals surface area contributed by atoms with Crippen molar-refractivity contribution < 1.29 is 24.2 Å². The number of carboxylic acid groups (broad SMARTS) is 1. The molecule has 0 bridgehead atoms.